The number of nitrogens with two attached hydrogens (primary N) is 1. The number of hydrogen-bond acceptors (Lipinski definition) is 5. The Kier molecular flexibility index (Phi) is 3.17. The monoisotopic (exact) mass is 215 g/mol. The average molecular weight is 215 g/mol. The van der Waals surface area contributed by atoms with Gasteiger partial charge in [0.2, 0.25) is 15.0 Å². The van der Waals surface area contributed by atoms with Crippen LogP contribution in [0.15, 0.2) is 11.4 Å². The third-order valence-electron chi connectivity index (χ3n) is 1.80. The van der Waals surface area contributed by atoms with E-state index >= 15 is 0 Å². The summed E-state index contributed by atoms with van der Waals surface area (Å²) in [5.41, 5.74) is 6.94. The van der Waals surface area contributed by atoms with Gasteiger partial charge in [-0.05, 0) is 25.5 Å². The highest BCUT2D eigenvalue weighted by Gasteiger charge is 2.12. The maximum Gasteiger partial charge on any atom is 0.246 e. The van der Waals surface area contributed by atoms with Crippen molar-refractivity contribution >= 4 is 9.84 Å². The molecule has 0 aromatic carbocycles. The molecule has 0 spiro atoms. The molecule has 0 aliphatic rings. The van der Waals surface area contributed by atoms with Gasteiger partial charge in [-0.2, -0.15) is 0 Å². The van der Waals surface area contributed by atoms with Crippen molar-refractivity contribution in [2.24, 2.45) is 5.73 Å². The van der Waals surface area contributed by atoms with Gasteiger partial charge in [-0.25, -0.2) is 18.4 Å². The van der Waals surface area contributed by atoms with Crippen molar-refractivity contribution in [3.63, 3.8) is 0 Å². The van der Waals surface area contributed by atoms with Crippen molar-refractivity contribution in [1.29, 1.82) is 0 Å². The molecule has 0 unspecified atom stereocenters. The Balaban J connectivity index is 3.13. The molecule has 0 radical (unpaired) electrons. The Labute approximate surface area is 83.3 Å². The van der Waals surface area contributed by atoms with E-state index in [1.54, 1.807) is 6.92 Å². The molecule has 0 amide bonds. The van der Waals surface area contributed by atoms with Crippen LogP contribution in [0.5, 0.6) is 0 Å². The molecule has 1 aromatic heterocycles. The van der Waals surface area contributed by atoms with E-state index in [1.807, 2.05) is 0 Å². The highest BCUT2D eigenvalue weighted by Crippen LogP contribution is 2.07. The summed E-state index contributed by atoms with van der Waals surface area (Å²) in [5, 5.41) is -0.129. The lowest BCUT2D eigenvalue weighted by Crippen LogP contribution is -2.10. The smallest absolute Gasteiger partial charge is 0.246 e. The fraction of sp³-hybridized carbons (Fsp3) is 0.500. The second kappa shape index (κ2) is 4.02. The van der Waals surface area contributed by atoms with Gasteiger partial charge < -0.3 is 5.73 Å². The van der Waals surface area contributed by atoms with E-state index in [-0.39, 0.29) is 5.16 Å². The molecule has 0 aliphatic heterocycles. The lowest BCUT2D eigenvalue weighted by atomic mass is 10.2. The molecule has 14 heavy (non-hydrogen) atoms. The summed E-state index contributed by atoms with van der Waals surface area (Å²) in [6.45, 7) is 2.25. The molecule has 1 rings (SSSR count). The Morgan fingerprint density at radius 1 is 1.50 bits per heavy atom. The van der Waals surface area contributed by atoms with E-state index in [0.717, 1.165) is 11.8 Å². The van der Waals surface area contributed by atoms with Gasteiger partial charge in [-0.15, -0.1) is 0 Å². The number of nitrogens with zero attached hydrogens (tertiary/aromatic N) is 2. The topological polar surface area (TPSA) is 85.9 Å². The molecule has 0 saturated heterocycles. The van der Waals surface area contributed by atoms with E-state index < -0.39 is 9.84 Å². The summed E-state index contributed by atoms with van der Waals surface area (Å²) in [7, 11) is -3.31. The summed E-state index contributed by atoms with van der Waals surface area (Å²) in [5.74, 6) is 0. The molecular weight excluding hydrogens is 202 g/mol. The van der Waals surface area contributed by atoms with Crippen LogP contribution in [0.3, 0.4) is 0 Å². The largest absolute Gasteiger partial charge is 0.330 e. The quantitative estimate of drug-likeness (QED) is 0.699. The molecule has 5 nitrogen and oxygen atoms in total. The second-order valence-corrected chi connectivity index (χ2v) is 4.98. The SMILES string of the molecule is Cc1nc(S(C)(=O)=O)ncc1CCN. The number of rotatable bonds is 3. The van der Waals surface area contributed by atoms with Crippen molar-refractivity contribution in [3.8, 4) is 0 Å². The van der Waals surface area contributed by atoms with E-state index in [2.05, 4.69) is 9.97 Å². The van der Waals surface area contributed by atoms with E-state index in [1.165, 1.54) is 6.20 Å². The summed E-state index contributed by atoms with van der Waals surface area (Å²) in [6.07, 6.45) is 3.27. The first-order chi connectivity index (χ1) is 6.45. The van der Waals surface area contributed by atoms with E-state index in [0.29, 0.717) is 18.7 Å². The van der Waals surface area contributed by atoms with Gasteiger partial charge in [0.25, 0.3) is 0 Å². The molecule has 1 heterocycles. The summed E-state index contributed by atoms with van der Waals surface area (Å²) < 4.78 is 22.2. The molecule has 6 heteroatoms. The predicted octanol–water partition coefficient (Wildman–Crippen LogP) is -0.310. The number of sulfone groups is 1. The van der Waals surface area contributed by atoms with Crippen LogP contribution in [0.1, 0.15) is 11.3 Å². The first kappa shape index (κ1) is 11.1. The van der Waals surface area contributed by atoms with Crippen LogP contribution in [-0.2, 0) is 16.3 Å². The van der Waals surface area contributed by atoms with Crippen LogP contribution in [-0.4, -0.2) is 31.2 Å². The second-order valence-electron chi connectivity index (χ2n) is 3.07. The van der Waals surface area contributed by atoms with Gasteiger partial charge in [0, 0.05) is 18.1 Å². The highest BCUT2D eigenvalue weighted by molar-refractivity contribution is 7.90. The van der Waals surface area contributed by atoms with Gasteiger partial charge >= 0.3 is 0 Å². The minimum Gasteiger partial charge on any atom is -0.330 e. The Morgan fingerprint density at radius 2 is 2.14 bits per heavy atom. The average Bonchev–Trinajstić information content (AvgIpc) is 2.07. The summed E-state index contributed by atoms with van der Waals surface area (Å²) in [6, 6.07) is 0. The van der Waals surface area contributed by atoms with Crippen LogP contribution in [0.2, 0.25) is 0 Å². The number of aryl methyl sites for hydroxylation is 1. The van der Waals surface area contributed by atoms with Crippen LogP contribution in [0, 0.1) is 6.92 Å². The minimum atomic E-state index is -3.31. The van der Waals surface area contributed by atoms with Gasteiger partial charge in [0.1, 0.15) is 0 Å². The molecule has 0 aliphatic carbocycles. The van der Waals surface area contributed by atoms with Crippen molar-refractivity contribution < 1.29 is 8.42 Å². The molecule has 0 atom stereocenters. The zero-order valence-corrected chi connectivity index (χ0v) is 9.00. The van der Waals surface area contributed by atoms with Crippen molar-refractivity contribution in [1.82, 2.24) is 9.97 Å². The lowest BCUT2D eigenvalue weighted by Gasteiger charge is -2.03. The zero-order chi connectivity index (χ0) is 10.8. The van der Waals surface area contributed by atoms with Gasteiger partial charge in [0.05, 0.1) is 0 Å². The highest BCUT2D eigenvalue weighted by atomic mass is 32.2. The molecule has 0 fully saturated rings. The summed E-state index contributed by atoms with van der Waals surface area (Å²) in [4.78, 5) is 7.68. The van der Waals surface area contributed by atoms with Gasteiger partial charge in [-0.1, -0.05) is 0 Å². The molecule has 2 N–H and O–H groups in total. The fourth-order valence-corrected chi connectivity index (χ4v) is 1.60. The lowest BCUT2D eigenvalue weighted by molar-refractivity contribution is 0.591. The van der Waals surface area contributed by atoms with E-state index in [4.69, 9.17) is 5.73 Å². The Morgan fingerprint density at radius 3 is 2.57 bits per heavy atom. The molecule has 0 bridgehead atoms. The standard InChI is InChI=1S/C8H13N3O2S/c1-6-7(3-4-9)5-10-8(11-6)14(2,12)13/h5H,3-4,9H2,1-2H3. The van der Waals surface area contributed by atoms with Crippen LogP contribution >= 0.6 is 0 Å². The molecular formula is C8H13N3O2S. The fourth-order valence-electron chi connectivity index (χ4n) is 1.05. The first-order valence-corrected chi connectivity index (χ1v) is 6.07. The van der Waals surface area contributed by atoms with Crippen LogP contribution in [0.25, 0.3) is 0 Å². The zero-order valence-electron chi connectivity index (χ0n) is 8.19. The van der Waals surface area contributed by atoms with Gasteiger partial charge in [-0.3, -0.25) is 0 Å². The van der Waals surface area contributed by atoms with Crippen molar-refractivity contribution in [2.45, 2.75) is 18.5 Å². The Bertz CT molecular complexity index is 428. The Hall–Kier alpha value is -1.01. The third-order valence-corrected chi connectivity index (χ3v) is 2.66. The summed E-state index contributed by atoms with van der Waals surface area (Å²) >= 11 is 0. The first-order valence-electron chi connectivity index (χ1n) is 4.18. The molecule has 0 saturated carbocycles. The molecule has 78 valence electrons. The third kappa shape index (κ3) is 2.49. The maximum absolute atomic E-state index is 11.1. The van der Waals surface area contributed by atoms with Crippen molar-refractivity contribution in [3.05, 3.63) is 17.5 Å². The maximum atomic E-state index is 11.1. The van der Waals surface area contributed by atoms with Crippen LogP contribution < -0.4 is 5.73 Å². The number of hydrogen-bond donors (Lipinski definition) is 1. The predicted molar refractivity (Wildman–Crippen MR) is 52.6 cm³/mol. The van der Waals surface area contributed by atoms with Gasteiger partial charge in [0.15, 0.2) is 0 Å². The normalized spacial score (nSPS) is 11.6. The van der Waals surface area contributed by atoms with E-state index in [9.17, 15) is 8.42 Å². The molecule has 1 aromatic rings. The minimum absolute atomic E-state index is 0.129. The van der Waals surface area contributed by atoms with Crippen LogP contribution in [0.4, 0.5) is 0 Å². The van der Waals surface area contributed by atoms with Crippen molar-refractivity contribution in [2.75, 3.05) is 12.8 Å². The number of aromatic nitrogens is 2.